The molecule has 28 heavy (non-hydrogen) atoms. The molecule has 0 atom stereocenters. The largest absolute Gasteiger partial charge is 0.0619 e. The molecule has 1 aliphatic rings. The van der Waals surface area contributed by atoms with Crippen LogP contribution in [0, 0.1) is 6.92 Å². The van der Waals surface area contributed by atoms with E-state index < -0.39 is 0 Å². The first-order chi connectivity index (χ1) is 13.4. The lowest BCUT2D eigenvalue weighted by Crippen LogP contribution is -2.14. The van der Waals surface area contributed by atoms with E-state index in [1.54, 1.807) is 0 Å². The topological polar surface area (TPSA) is 0 Å². The SMILES string of the molecule is Cc1c(-c2cccc3c2Cc2ccccc2-3)cc2ccccc2c1C(C)(C)C. The molecular formula is C28H26. The maximum Gasteiger partial charge on any atom is -0.000728 e. The third-order valence-corrected chi connectivity index (χ3v) is 6.20. The van der Waals surface area contributed by atoms with Crippen molar-refractivity contribution in [3.8, 4) is 22.3 Å². The second kappa shape index (κ2) is 6.07. The molecule has 5 rings (SSSR count). The van der Waals surface area contributed by atoms with E-state index in [2.05, 4.69) is 100 Å². The molecule has 0 saturated carbocycles. The molecule has 0 aliphatic heterocycles. The van der Waals surface area contributed by atoms with Crippen LogP contribution in [0.4, 0.5) is 0 Å². The van der Waals surface area contributed by atoms with Crippen molar-refractivity contribution in [2.45, 2.75) is 39.5 Å². The number of hydrogen-bond acceptors (Lipinski definition) is 0. The lowest BCUT2D eigenvalue weighted by Gasteiger charge is -2.27. The van der Waals surface area contributed by atoms with Gasteiger partial charge in [0.15, 0.2) is 0 Å². The predicted octanol–water partition coefficient (Wildman–Crippen LogP) is 7.68. The van der Waals surface area contributed by atoms with Crippen LogP contribution in [0.2, 0.25) is 0 Å². The van der Waals surface area contributed by atoms with Gasteiger partial charge < -0.3 is 0 Å². The summed E-state index contributed by atoms with van der Waals surface area (Å²) in [4.78, 5) is 0. The van der Waals surface area contributed by atoms with Crippen LogP contribution in [0.3, 0.4) is 0 Å². The molecule has 0 radical (unpaired) electrons. The van der Waals surface area contributed by atoms with Gasteiger partial charge in [-0.2, -0.15) is 0 Å². The molecule has 0 saturated heterocycles. The normalized spacial score (nSPS) is 12.9. The van der Waals surface area contributed by atoms with E-state index in [1.165, 1.54) is 55.3 Å². The van der Waals surface area contributed by atoms with Crippen LogP contribution in [-0.2, 0) is 11.8 Å². The second-order valence-corrected chi connectivity index (χ2v) is 9.06. The summed E-state index contributed by atoms with van der Waals surface area (Å²) in [5.41, 5.74) is 11.5. The molecule has 0 bridgehead atoms. The van der Waals surface area contributed by atoms with Gasteiger partial charge in [-0.15, -0.1) is 0 Å². The van der Waals surface area contributed by atoms with Crippen LogP contribution in [0.25, 0.3) is 33.0 Å². The Bertz CT molecular complexity index is 1220. The van der Waals surface area contributed by atoms with Crippen LogP contribution < -0.4 is 0 Å². The quantitative estimate of drug-likeness (QED) is 0.287. The second-order valence-electron chi connectivity index (χ2n) is 9.06. The van der Waals surface area contributed by atoms with Gasteiger partial charge in [0.1, 0.15) is 0 Å². The van der Waals surface area contributed by atoms with Gasteiger partial charge in [-0.25, -0.2) is 0 Å². The van der Waals surface area contributed by atoms with Crippen molar-refractivity contribution in [3.05, 3.63) is 95.1 Å². The lowest BCUT2D eigenvalue weighted by atomic mass is 9.77. The summed E-state index contributed by atoms with van der Waals surface area (Å²) in [5, 5.41) is 2.72. The Morgan fingerprint density at radius 3 is 2.11 bits per heavy atom. The third-order valence-electron chi connectivity index (χ3n) is 6.20. The minimum Gasteiger partial charge on any atom is -0.0619 e. The number of hydrogen-bond donors (Lipinski definition) is 0. The zero-order chi connectivity index (χ0) is 19.5. The molecule has 0 amide bonds. The first kappa shape index (κ1) is 17.3. The van der Waals surface area contributed by atoms with Gasteiger partial charge in [-0.05, 0) is 80.1 Å². The van der Waals surface area contributed by atoms with Crippen molar-refractivity contribution in [3.63, 3.8) is 0 Å². The molecular weight excluding hydrogens is 336 g/mol. The van der Waals surface area contributed by atoms with Crippen molar-refractivity contribution >= 4 is 10.8 Å². The maximum atomic E-state index is 2.40. The molecule has 0 nitrogen and oxygen atoms in total. The summed E-state index contributed by atoms with van der Waals surface area (Å²) in [6.07, 6.45) is 1.03. The fourth-order valence-corrected chi connectivity index (χ4v) is 5.11. The summed E-state index contributed by atoms with van der Waals surface area (Å²) < 4.78 is 0. The van der Waals surface area contributed by atoms with Crippen molar-refractivity contribution in [2.24, 2.45) is 0 Å². The first-order valence-electron chi connectivity index (χ1n) is 10.2. The Morgan fingerprint density at radius 2 is 1.32 bits per heavy atom. The highest BCUT2D eigenvalue weighted by Crippen LogP contribution is 2.45. The molecule has 0 unspecified atom stereocenters. The van der Waals surface area contributed by atoms with Gasteiger partial charge in [0.2, 0.25) is 0 Å². The van der Waals surface area contributed by atoms with Gasteiger partial charge in [-0.1, -0.05) is 87.5 Å². The third kappa shape index (κ3) is 2.52. The number of rotatable bonds is 1. The summed E-state index contributed by atoms with van der Waals surface area (Å²) in [7, 11) is 0. The van der Waals surface area contributed by atoms with Gasteiger partial charge in [-0.3, -0.25) is 0 Å². The Hall–Kier alpha value is -2.86. The Kier molecular flexibility index (Phi) is 3.74. The zero-order valence-electron chi connectivity index (χ0n) is 17.1. The van der Waals surface area contributed by atoms with E-state index in [1.807, 2.05) is 0 Å². The highest BCUT2D eigenvalue weighted by Gasteiger charge is 2.25. The van der Waals surface area contributed by atoms with Crippen molar-refractivity contribution in [2.75, 3.05) is 0 Å². The number of fused-ring (bicyclic) bond motifs is 4. The van der Waals surface area contributed by atoms with E-state index >= 15 is 0 Å². The average Bonchev–Trinajstić information content (AvgIpc) is 3.05. The van der Waals surface area contributed by atoms with Gasteiger partial charge in [0, 0.05) is 0 Å². The predicted molar refractivity (Wildman–Crippen MR) is 121 cm³/mol. The van der Waals surface area contributed by atoms with E-state index in [0.29, 0.717) is 0 Å². The fraction of sp³-hybridized carbons (Fsp3) is 0.214. The van der Waals surface area contributed by atoms with Gasteiger partial charge in [0.05, 0.1) is 0 Å². The Labute approximate surface area is 167 Å². The van der Waals surface area contributed by atoms with Crippen molar-refractivity contribution < 1.29 is 0 Å². The molecule has 0 spiro atoms. The molecule has 4 aromatic rings. The smallest absolute Gasteiger partial charge is 0.000728 e. The molecule has 4 aromatic carbocycles. The number of benzene rings is 4. The van der Waals surface area contributed by atoms with E-state index in [4.69, 9.17) is 0 Å². The molecule has 0 N–H and O–H groups in total. The van der Waals surface area contributed by atoms with Crippen molar-refractivity contribution in [1.29, 1.82) is 0 Å². The molecule has 1 aliphatic carbocycles. The zero-order valence-corrected chi connectivity index (χ0v) is 17.1. The van der Waals surface area contributed by atoms with Crippen LogP contribution in [0.5, 0.6) is 0 Å². The molecule has 0 heterocycles. The first-order valence-corrected chi connectivity index (χ1v) is 10.2. The average molecular weight is 363 g/mol. The van der Waals surface area contributed by atoms with Crippen LogP contribution in [-0.4, -0.2) is 0 Å². The molecule has 0 fully saturated rings. The van der Waals surface area contributed by atoms with Crippen LogP contribution >= 0.6 is 0 Å². The monoisotopic (exact) mass is 362 g/mol. The highest BCUT2D eigenvalue weighted by atomic mass is 14.3. The highest BCUT2D eigenvalue weighted by molar-refractivity contribution is 5.95. The lowest BCUT2D eigenvalue weighted by molar-refractivity contribution is 0.592. The standard InChI is InChI=1S/C28H26/c1-18-25(16-20-11-6-8-13-22(20)27(18)28(2,3)4)24-15-9-14-23-21-12-7-5-10-19(21)17-26(23)24/h5-16H,17H2,1-4H3. The summed E-state index contributed by atoms with van der Waals surface area (Å²) in [5.74, 6) is 0. The maximum absolute atomic E-state index is 2.40. The van der Waals surface area contributed by atoms with E-state index in [-0.39, 0.29) is 5.41 Å². The van der Waals surface area contributed by atoms with Crippen LogP contribution in [0.15, 0.2) is 72.8 Å². The Morgan fingerprint density at radius 1 is 0.679 bits per heavy atom. The minimum absolute atomic E-state index is 0.0978. The molecule has 0 heteroatoms. The Balaban J connectivity index is 1.82. The summed E-state index contributed by atoms with van der Waals surface area (Å²) in [6, 6.07) is 26.9. The van der Waals surface area contributed by atoms with Crippen LogP contribution in [0.1, 0.15) is 43.0 Å². The van der Waals surface area contributed by atoms with Gasteiger partial charge in [0.25, 0.3) is 0 Å². The summed E-state index contributed by atoms with van der Waals surface area (Å²) in [6.45, 7) is 9.30. The molecule has 138 valence electrons. The van der Waals surface area contributed by atoms with E-state index in [9.17, 15) is 0 Å². The fourth-order valence-electron chi connectivity index (χ4n) is 5.11. The summed E-state index contributed by atoms with van der Waals surface area (Å²) >= 11 is 0. The van der Waals surface area contributed by atoms with Gasteiger partial charge >= 0.3 is 0 Å². The van der Waals surface area contributed by atoms with E-state index in [0.717, 1.165) is 6.42 Å². The molecule has 0 aromatic heterocycles. The minimum atomic E-state index is 0.0978. The van der Waals surface area contributed by atoms with Crippen molar-refractivity contribution in [1.82, 2.24) is 0 Å².